The number of para-hydroxylation sites is 2. The van der Waals surface area contributed by atoms with E-state index in [0.717, 1.165) is 11.1 Å². The number of hydrogen-bond acceptors (Lipinski definition) is 3. The molecule has 1 heterocycles. The maximum atomic E-state index is 10.8. The molecule has 1 aromatic heterocycles. The van der Waals surface area contributed by atoms with Crippen LogP contribution in [-0.2, 0) is 0 Å². The monoisotopic (exact) mass is 299 g/mol. The molecule has 0 bridgehead atoms. The zero-order chi connectivity index (χ0) is 14.8. The van der Waals surface area contributed by atoms with Gasteiger partial charge in [0.2, 0.25) is 5.89 Å². The summed E-state index contributed by atoms with van der Waals surface area (Å²) >= 11 is 6.20. The highest BCUT2D eigenvalue weighted by Crippen LogP contribution is 2.25. The van der Waals surface area contributed by atoms with Crippen LogP contribution < -0.4 is 0 Å². The van der Waals surface area contributed by atoms with Gasteiger partial charge in [-0.25, -0.2) is 9.78 Å². The number of rotatable bonds is 3. The van der Waals surface area contributed by atoms with E-state index in [1.54, 1.807) is 18.2 Å². The Morgan fingerprint density at radius 1 is 1.14 bits per heavy atom. The van der Waals surface area contributed by atoms with Crippen LogP contribution in [0.3, 0.4) is 0 Å². The molecule has 0 aliphatic carbocycles. The van der Waals surface area contributed by atoms with E-state index >= 15 is 0 Å². The fraction of sp³-hybridized carbons (Fsp3) is 0. The van der Waals surface area contributed by atoms with Gasteiger partial charge in [0, 0.05) is 0 Å². The molecular weight excluding hydrogens is 290 g/mol. The summed E-state index contributed by atoms with van der Waals surface area (Å²) in [6.07, 6.45) is 1.68. The number of nitrogens with zero attached hydrogens (tertiary/aromatic N) is 1. The molecule has 3 aromatic rings. The number of fused-ring (bicyclic) bond motifs is 1. The standard InChI is InChI=1S/C16H10ClNO3/c17-12(9-10-5-7-11(8-6-10)16(19)20)15-18-13-3-1-2-4-14(13)21-15/h1-9H,(H,19,20)/b12-9-. The molecule has 0 amide bonds. The van der Waals surface area contributed by atoms with Crippen molar-refractivity contribution in [2.24, 2.45) is 0 Å². The minimum Gasteiger partial charge on any atom is -0.478 e. The van der Waals surface area contributed by atoms with Crippen molar-refractivity contribution in [1.82, 2.24) is 4.98 Å². The maximum absolute atomic E-state index is 10.8. The van der Waals surface area contributed by atoms with Crippen molar-refractivity contribution in [1.29, 1.82) is 0 Å². The van der Waals surface area contributed by atoms with E-state index in [9.17, 15) is 4.79 Å². The number of aromatic carboxylic acids is 1. The summed E-state index contributed by atoms with van der Waals surface area (Å²) in [6, 6.07) is 13.8. The first-order valence-electron chi connectivity index (χ1n) is 6.20. The second-order valence-corrected chi connectivity index (χ2v) is 4.81. The maximum Gasteiger partial charge on any atom is 0.335 e. The Kier molecular flexibility index (Phi) is 3.46. The van der Waals surface area contributed by atoms with E-state index in [-0.39, 0.29) is 5.56 Å². The third-order valence-electron chi connectivity index (χ3n) is 2.95. The predicted molar refractivity (Wildman–Crippen MR) is 81.1 cm³/mol. The lowest BCUT2D eigenvalue weighted by molar-refractivity contribution is 0.0697. The van der Waals surface area contributed by atoms with Gasteiger partial charge in [-0.2, -0.15) is 0 Å². The number of halogens is 1. The van der Waals surface area contributed by atoms with Gasteiger partial charge >= 0.3 is 5.97 Å². The number of hydrogen-bond donors (Lipinski definition) is 1. The van der Waals surface area contributed by atoms with Gasteiger partial charge in [-0.15, -0.1) is 0 Å². The van der Waals surface area contributed by atoms with E-state index in [2.05, 4.69) is 4.98 Å². The van der Waals surface area contributed by atoms with Crippen molar-refractivity contribution < 1.29 is 14.3 Å². The third-order valence-corrected chi connectivity index (χ3v) is 3.22. The normalized spacial score (nSPS) is 11.8. The first-order chi connectivity index (χ1) is 10.1. The molecule has 3 rings (SSSR count). The highest BCUT2D eigenvalue weighted by atomic mass is 35.5. The van der Waals surface area contributed by atoms with E-state index in [1.807, 2.05) is 24.3 Å². The average molecular weight is 300 g/mol. The van der Waals surface area contributed by atoms with Crippen LogP contribution in [0.25, 0.3) is 22.2 Å². The van der Waals surface area contributed by atoms with Crippen LogP contribution in [-0.4, -0.2) is 16.1 Å². The fourth-order valence-electron chi connectivity index (χ4n) is 1.90. The smallest absolute Gasteiger partial charge is 0.335 e. The molecule has 0 aliphatic rings. The van der Waals surface area contributed by atoms with Crippen LogP contribution in [0.15, 0.2) is 52.9 Å². The van der Waals surface area contributed by atoms with Crippen LogP contribution in [0.5, 0.6) is 0 Å². The highest BCUT2D eigenvalue weighted by Gasteiger charge is 2.09. The molecule has 0 radical (unpaired) electrons. The molecule has 0 saturated heterocycles. The Morgan fingerprint density at radius 2 is 1.86 bits per heavy atom. The van der Waals surface area contributed by atoms with Crippen molar-refractivity contribution in [3.63, 3.8) is 0 Å². The van der Waals surface area contributed by atoms with Gasteiger partial charge in [0.05, 0.1) is 5.56 Å². The van der Waals surface area contributed by atoms with Crippen LogP contribution >= 0.6 is 11.6 Å². The summed E-state index contributed by atoms with van der Waals surface area (Å²) in [5.74, 6) is -0.629. The van der Waals surface area contributed by atoms with Crippen molar-refractivity contribution in [2.45, 2.75) is 0 Å². The van der Waals surface area contributed by atoms with E-state index in [4.69, 9.17) is 21.1 Å². The molecule has 0 spiro atoms. The Morgan fingerprint density at radius 3 is 2.52 bits per heavy atom. The minimum atomic E-state index is -0.962. The SMILES string of the molecule is O=C(O)c1ccc(/C=C(\Cl)c2nc3ccccc3o2)cc1. The fourth-order valence-corrected chi connectivity index (χ4v) is 2.11. The number of carboxylic acids is 1. The van der Waals surface area contributed by atoms with Crippen molar-refractivity contribution in [3.05, 3.63) is 65.5 Å². The van der Waals surface area contributed by atoms with Crippen LogP contribution in [0.4, 0.5) is 0 Å². The van der Waals surface area contributed by atoms with Gasteiger partial charge < -0.3 is 9.52 Å². The number of aromatic nitrogens is 1. The molecular formula is C16H10ClNO3. The van der Waals surface area contributed by atoms with E-state index < -0.39 is 5.97 Å². The summed E-state index contributed by atoms with van der Waals surface area (Å²) in [5, 5.41) is 9.21. The van der Waals surface area contributed by atoms with Crippen LogP contribution in [0, 0.1) is 0 Å². The molecule has 0 fully saturated rings. The van der Waals surface area contributed by atoms with Gasteiger partial charge in [-0.3, -0.25) is 0 Å². The lowest BCUT2D eigenvalue weighted by Crippen LogP contribution is -1.94. The lowest BCUT2D eigenvalue weighted by Gasteiger charge is -1.97. The summed E-state index contributed by atoms with van der Waals surface area (Å²) in [5.41, 5.74) is 2.40. The van der Waals surface area contributed by atoms with Crippen molar-refractivity contribution >= 4 is 39.8 Å². The molecule has 0 aliphatic heterocycles. The van der Waals surface area contributed by atoms with Gasteiger partial charge in [0.1, 0.15) is 10.5 Å². The van der Waals surface area contributed by atoms with Crippen LogP contribution in [0.1, 0.15) is 21.8 Å². The number of carboxylic acid groups (broad SMARTS) is 1. The molecule has 4 nitrogen and oxygen atoms in total. The minimum absolute atomic E-state index is 0.227. The summed E-state index contributed by atoms with van der Waals surface area (Å²) < 4.78 is 5.56. The van der Waals surface area contributed by atoms with Crippen LogP contribution in [0.2, 0.25) is 0 Å². The van der Waals surface area contributed by atoms with Gasteiger partial charge in [-0.1, -0.05) is 35.9 Å². The quantitative estimate of drug-likeness (QED) is 0.784. The summed E-state index contributed by atoms with van der Waals surface area (Å²) in [7, 11) is 0. The van der Waals surface area contributed by atoms with Gasteiger partial charge in [-0.05, 0) is 35.9 Å². The molecule has 0 atom stereocenters. The number of benzene rings is 2. The first kappa shape index (κ1) is 13.4. The van der Waals surface area contributed by atoms with Crippen molar-refractivity contribution in [3.8, 4) is 0 Å². The Hall–Kier alpha value is -2.59. The van der Waals surface area contributed by atoms with E-state index in [1.165, 1.54) is 12.1 Å². The van der Waals surface area contributed by atoms with Gasteiger partial charge in [0.15, 0.2) is 5.58 Å². The number of carbonyl (C=O) groups is 1. The molecule has 5 heteroatoms. The van der Waals surface area contributed by atoms with E-state index in [0.29, 0.717) is 16.5 Å². The van der Waals surface area contributed by atoms with Crippen molar-refractivity contribution in [2.75, 3.05) is 0 Å². The predicted octanol–water partition coefficient (Wildman–Crippen LogP) is 4.26. The molecule has 0 unspecified atom stereocenters. The largest absolute Gasteiger partial charge is 0.478 e. The Labute approximate surface area is 125 Å². The Balaban J connectivity index is 1.92. The molecule has 2 aromatic carbocycles. The molecule has 21 heavy (non-hydrogen) atoms. The zero-order valence-corrected chi connectivity index (χ0v) is 11.5. The second-order valence-electron chi connectivity index (χ2n) is 4.41. The topological polar surface area (TPSA) is 63.3 Å². The summed E-state index contributed by atoms with van der Waals surface area (Å²) in [4.78, 5) is 15.1. The summed E-state index contributed by atoms with van der Waals surface area (Å²) in [6.45, 7) is 0. The lowest BCUT2D eigenvalue weighted by atomic mass is 10.1. The first-order valence-corrected chi connectivity index (χ1v) is 6.58. The zero-order valence-electron chi connectivity index (χ0n) is 10.8. The number of oxazole rings is 1. The van der Waals surface area contributed by atoms with Gasteiger partial charge in [0.25, 0.3) is 0 Å². The molecule has 104 valence electrons. The Bertz CT molecular complexity index is 801. The third kappa shape index (κ3) is 2.80. The highest BCUT2D eigenvalue weighted by molar-refractivity contribution is 6.50. The molecule has 1 N–H and O–H groups in total. The molecule has 0 saturated carbocycles. The average Bonchev–Trinajstić information content (AvgIpc) is 2.92. The second kappa shape index (κ2) is 5.42.